The van der Waals surface area contributed by atoms with Crippen molar-refractivity contribution in [1.82, 2.24) is 0 Å². The maximum absolute atomic E-state index is 10.6. The van der Waals surface area contributed by atoms with Gasteiger partial charge in [-0.1, -0.05) is 110 Å². The SMILES string of the molecule is CCCCCCCCCCCCCCCCCC(=O)[O-].CCCCOC(=O)/C=C\C(=O)[O-].[Ba+2]. The van der Waals surface area contributed by atoms with Crippen LogP contribution in [0.4, 0.5) is 0 Å². The summed E-state index contributed by atoms with van der Waals surface area (Å²) < 4.78 is 4.62. The standard InChI is InChI=1S/C18H36O2.C8H12O4.Ba/c1-2-3-4-5-6-7-8-9-10-11-12-13-14-15-16-17-18(19)20;1-2-3-6-12-8(11)5-4-7(9)10;/h2-17H2,1H3,(H,19,20);4-5H,2-3,6H2,1H3,(H,9,10);/q;;+2/p-2/b;5-4-;. The van der Waals surface area contributed by atoms with Crippen molar-refractivity contribution in [2.45, 2.75) is 129 Å². The van der Waals surface area contributed by atoms with Crippen LogP contribution in [-0.2, 0) is 19.1 Å². The Morgan fingerprint density at radius 1 is 0.606 bits per heavy atom. The van der Waals surface area contributed by atoms with Crippen LogP contribution in [0.5, 0.6) is 0 Å². The van der Waals surface area contributed by atoms with Crippen molar-refractivity contribution in [3.63, 3.8) is 0 Å². The Balaban J connectivity index is -0.000000596. The van der Waals surface area contributed by atoms with Crippen LogP contribution in [0.2, 0.25) is 0 Å². The van der Waals surface area contributed by atoms with Crippen LogP contribution in [0, 0.1) is 0 Å². The molecule has 6 nitrogen and oxygen atoms in total. The van der Waals surface area contributed by atoms with Crippen molar-refractivity contribution < 1.29 is 29.3 Å². The van der Waals surface area contributed by atoms with Crippen molar-refractivity contribution in [2.75, 3.05) is 6.61 Å². The van der Waals surface area contributed by atoms with E-state index in [-0.39, 0.29) is 55.3 Å². The molecule has 0 unspecified atom stereocenters. The molecule has 33 heavy (non-hydrogen) atoms. The molecule has 0 aromatic carbocycles. The number of esters is 1. The zero-order valence-electron chi connectivity index (χ0n) is 21.2. The van der Waals surface area contributed by atoms with Crippen molar-refractivity contribution in [3.8, 4) is 0 Å². The Morgan fingerprint density at radius 2 is 1.00 bits per heavy atom. The van der Waals surface area contributed by atoms with Crippen LogP contribution in [-0.4, -0.2) is 73.4 Å². The topological polar surface area (TPSA) is 107 Å². The number of aliphatic carboxylic acids is 2. The van der Waals surface area contributed by atoms with Crippen LogP contribution in [0.15, 0.2) is 12.2 Å². The monoisotopic (exact) mass is 592 g/mol. The second kappa shape index (κ2) is 31.7. The minimum Gasteiger partial charge on any atom is -0.550 e. The van der Waals surface area contributed by atoms with Gasteiger partial charge in [0.2, 0.25) is 0 Å². The van der Waals surface area contributed by atoms with Crippen molar-refractivity contribution >= 4 is 66.8 Å². The van der Waals surface area contributed by atoms with Crippen molar-refractivity contribution in [3.05, 3.63) is 12.2 Å². The molecule has 0 aliphatic heterocycles. The third kappa shape index (κ3) is 39.2. The van der Waals surface area contributed by atoms with Gasteiger partial charge in [0.25, 0.3) is 0 Å². The molecular formula is C26H46BaO6. The maximum atomic E-state index is 10.6. The molecule has 0 spiro atoms. The van der Waals surface area contributed by atoms with Crippen molar-refractivity contribution in [1.29, 1.82) is 0 Å². The fourth-order valence-corrected chi connectivity index (χ4v) is 3.14. The predicted molar refractivity (Wildman–Crippen MR) is 130 cm³/mol. The van der Waals surface area contributed by atoms with Gasteiger partial charge in [-0.2, -0.15) is 0 Å². The summed E-state index contributed by atoms with van der Waals surface area (Å²) in [4.78, 5) is 30.7. The van der Waals surface area contributed by atoms with Crippen LogP contribution >= 0.6 is 0 Å². The van der Waals surface area contributed by atoms with Gasteiger partial charge in [0.05, 0.1) is 12.6 Å². The fraction of sp³-hybridized carbons (Fsp3) is 0.808. The van der Waals surface area contributed by atoms with Crippen LogP contribution < -0.4 is 10.2 Å². The van der Waals surface area contributed by atoms with Gasteiger partial charge in [0, 0.05) is 12.0 Å². The summed E-state index contributed by atoms with van der Waals surface area (Å²) in [6.07, 6.45) is 23.1. The molecule has 0 N–H and O–H groups in total. The smallest absolute Gasteiger partial charge is 0.550 e. The molecule has 0 atom stereocenters. The molecule has 188 valence electrons. The summed E-state index contributed by atoms with van der Waals surface area (Å²) in [6.45, 7) is 4.56. The second-order valence-corrected chi connectivity index (χ2v) is 8.25. The molecule has 0 heterocycles. The van der Waals surface area contributed by atoms with E-state index in [9.17, 15) is 24.6 Å². The number of carboxylic acids is 2. The van der Waals surface area contributed by atoms with Gasteiger partial charge in [0.1, 0.15) is 0 Å². The first kappa shape index (κ1) is 37.3. The van der Waals surface area contributed by atoms with E-state index < -0.39 is 17.9 Å². The Morgan fingerprint density at radius 3 is 1.36 bits per heavy atom. The summed E-state index contributed by atoms with van der Waals surface area (Å²) in [6, 6.07) is 0. The molecule has 0 aliphatic rings. The van der Waals surface area contributed by atoms with E-state index in [0.29, 0.717) is 12.7 Å². The first-order chi connectivity index (χ1) is 15.4. The Bertz CT molecular complexity index is 479. The van der Waals surface area contributed by atoms with E-state index >= 15 is 0 Å². The van der Waals surface area contributed by atoms with E-state index in [4.69, 9.17) is 0 Å². The molecular weight excluding hydrogens is 546 g/mol. The van der Waals surface area contributed by atoms with Gasteiger partial charge in [-0.15, -0.1) is 0 Å². The van der Waals surface area contributed by atoms with E-state index in [1.54, 1.807) is 0 Å². The summed E-state index contributed by atoms with van der Waals surface area (Å²) in [5, 5.41) is 20.1. The first-order valence-electron chi connectivity index (χ1n) is 12.7. The average molecular weight is 592 g/mol. The zero-order chi connectivity index (χ0) is 24.3. The van der Waals surface area contributed by atoms with Crippen LogP contribution in [0.1, 0.15) is 129 Å². The molecule has 0 bridgehead atoms. The Labute approximate surface area is 242 Å². The van der Waals surface area contributed by atoms with Gasteiger partial charge in [-0.05, 0) is 25.3 Å². The molecule has 0 aromatic heterocycles. The molecule has 7 heteroatoms. The van der Waals surface area contributed by atoms with Crippen molar-refractivity contribution in [2.24, 2.45) is 0 Å². The van der Waals surface area contributed by atoms with Gasteiger partial charge in [-0.25, -0.2) is 4.79 Å². The van der Waals surface area contributed by atoms with Gasteiger partial charge in [-0.3, -0.25) is 0 Å². The first-order valence-corrected chi connectivity index (χ1v) is 12.7. The zero-order valence-corrected chi connectivity index (χ0v) is 25.7. The third-order valence-corrected chi connectivity index (χ3v) is 5.08. The van der Waals surface area contributed by atoms with E-state index in [2.05, 4.69) is 11.7 Å². The van der Waals surface area contributed by atoms with Crippen LogP contribution in [0.25, 0.3) is 0 Å². The van der Waals surface area contributed by atoms with Gasteiger partial charge < -0.3 is 24.5 Å². The number of carbonyl (C=O) groups is 3. The quantitative estimate of drug-likeness (QED) is 0.0855. The molecule has 0 radical (unpaired) electrons. The molecule has 0 saturated heterocycles. The number of hydrogen-bond donors (Lipinski definition) is 0. The number of hydrogen-bond acceptors (Lipinski definition) is 6. The predicted octanol–water partition coefficient (Wildman–Crippen LogP) is 4.25. The van der Waals surface area contributed by atoms with E-state index in [1.807, 2.05) is 6.92 Å². The van der Waals surface area contributed by atoms with Crippen LogP contribution in [0.3, 0.4) is 0 Å². The third-order valence-electron chi connectivity index (χ3n) is 5.08. The Kier molecular flexibility index (Phi) is 35.8. The normalized spacial score (nSPS) is 10.2. The molecule has 0 rings (SSSR count). The second-order valence-electron chi connectivity index (χ2n) is 8.25. The maximum Gasteiger partial charge on any atom is 2.00 e. The number of carbonyl (C=O) groups excluding carboxylic acids is 3. The summed E-state index contributed by atoms with van der Waals surface area (Å²) in [7, 11) is 0. The van der Waals surface area contributed by atoms with Gasteiger partial charge in [0.15, 0.2) is 0 Å². The minimum atomic E-state index is -1.40. The summed E-state index contributed by atoms with van der Waals surface area (Å²) in [5.74, 6) is -2.95. The number of carboxylic acid groups (broad SMARTS) is 2. The minimum absolute atomic E-state index is 0. The number of ether oxygens (including phenoxy) is 1. The number of unbranched alkanes of at least 4 members (excludes halogenated alkanes) is 15. The largest absolute Gasteiger partial charge is 2.00 e. The number of rotatable bonds is 21. The van der Waals surface area contributed by atoms with E-state index in [0.717, 1.165) is 31.8 Å². The summed E-state index contributed by atoms with van der Waals surface area (Å²) in [5.41, 5.74) is 0. The van der Waals surface area contributed by atoms with Gasteiger partial charge >= 0.3 is 54.9 Å². The molecule has 0 aromatic rings. The summed E-state index contributed by atoms with van der Waals surface area (Å²) >= 11 is 0. The molecule has 0 saturated carbocycles. The molecule has 0 aliphatic carbocycles. The molecule has 0 fully saturated rings. The molecule has 0 amide bonds. The fourth-order valence-electron chi connectivity index (χ4n) is 3.14. The average Bonchev–Trinajstić information content (AvgIpc) is 2.75. The van der Waals surface area contributed by atoms with E-state index in [1.165, 1.54) is 83.5 Å². The Hall–Kier alpha value is -0.279.